The molecule has 3 rings (SSSR count). The van der Waals surface area contributed by atoms with Crippen LogP contribution in [0.5, 0.6) is 0 Å². The lowest BCUT2D eigenvalue weighted by molar-refractivity contribution is -0.123. The van der Waals surface area contributed by atoms with Gasteiger partial charge in [-0.15, -0.1) is 11.8 Å². The molecule has 7 heteroatoms. The van der Waals surface area contributed by atoms with Crippen molar-refractivity contribution in [1.29, 1.82) is 0 Å². The number of carbonyl (C=O) groups is 2. The molecule has 1 aliphatic heterocycles. The second-order valence-electron chi connectivity index (χ2n) is 6.68. The van der Waals surface area contributed by atoms with Gasteiger partial charge in [-0.05, 0) is 43.5 Å². The Kier molecular flexibility index (Phi) is 6.39. The summed E-state index contributed by atoms with van der Waals surface area (Å²) in [6.07, 6.45) is 1.51. The Morgan fingerprint density at radius 2 is 2.07 bits per heavy atom. The van der Waals surface area contributed by atoms with E-state index in [0.29, 0.717) is 24.5 Å². The van der Waals surface area contributed by atoms with E-state index in [4.69, 9.17) is 17.3 Å². The molecule has 2 N–H and O–H groups in total. The van der Waals surface area contributed by atoms with Crippen LogP contribution < -0.4 is 5.73 Å². The Bertz CT molecular complexity index is 839. The van der Waals surface area contributed by atoms with Gasteiger partial charge >= 0.3 is 0 Å². The minimum atomic E-state index is -0.347. The maximum absolute atomic E-state index is 12.8. The second-order valence-corrected chi connectivity index (χ2v) is 8.07. The van der Waals surface area contributed by atoms with Gasteiger partial charge in [-0.1, -0.05) is 29.8 Å². The minimum Gasteiger partial charge on any atom is -0.369 e. The van der Waals surface area contributed by atoms with Crippen molar-refractivity contribution in [1.82, 2.24) is 9.88 Å². The van der Waals surface area contributed by atoms with Gasteiger partial charge in [-0.2, -0.15) is 0 Å². The molecule has 1 fully saturated rings. The highest BCUT2D eigenvalue weighted by molar-refractivity contribution is 7.98. The highest BCUT2D eigenvalue weighted by Gasteiger charge is 2.28. The van der Waals surface area contributed by atoms with Gasteiger partial charge in [0.25, 0.3) is 5.91 Å². The Morgan fingerprint density at radius 3 is 2.81 bits per heavy atom. The number of aromatic nitrogens is 1. The molecule has 2 heterocycles. The molecule has 1 atom stereocenters. The summed E-state index contributed by atoms with van der Waals surface area (Å²) in [5.74, 6) is -0.151. The van der Waals surface area contributed by atoms with Crippen molar-refractivity contribution < 1.29 is 9.59 Å². The molecule has 142 valence electrons. The summed E-state index contributed by atoms with van der Waals surface area (Å²) in [5, 5.41) is 0.720. The maximum atomic E-state index is 12.8. The van der Waals surface area contributed by atoms with Crippen molar-refractivity contribution in [2.75, 3.05) is 13.1 Å². The Morgan fingerprint density at radius 1 is 1.30 bits per heavy atom. The van der Waals surface area contributed by atoms with Crippen molar-refractivity contribution in [2.45, 2.75) is 30.4 Å². The SMILES string of the molecule is Cc1cccc(Cl)c1SCc1cccc(C(=O)N2CCCC(C(N)=O)C2)n1. The van der Waals surface area contributed by atoms with Crippen molar-refractivity contribution in [3.05, 3.63) is 58.4 Å². The average Bonchev–Trinajstić information content (AvgIpc) is 2.67. The van der Waals surface area contributed by atoms with Crippen LogP contribution in [0.3, 0.4) is 0 Å². The first kappa shape index (κ1) is 19.7. The van der Waals surface area contributed by atoms with E-state index in [-0.39, 0.29) is 17.7 Å². The number of pyridine rings is 1. The minimum absolute atomic E-state index is 0.151. The highest BCUT2D eigenvalue weighted by Crippen LogP contribution is 2.32. The Balaban J connectivity index is 1.70. The maximum Gasteiger partial charge on any atom is 0.272 e. The van der Waals surface area contributed by atoms with Crippen LogP contribution in [-0.4, -0.2) is 34.8 Å². The van der Waals surface area contributed by atoms with Gasteiger partial charge in [-0.3, -0.25) is 9.59 Å². The van der Waals surface area contributed by atoms with Crippen LogP contribution in [-0.2, 0) is 10.5 Å². The van der Waals surface area contributed by atoms with Crippen molar-refractivity contribution in [3.8, 4) is 0 Å². The molecule has 1 unspecified atom stereocenters. The quantitative estimate of drug-likeness (QED) is 0.772. The third-order valence-corrected chi connectivity index (χ3v) is 6.36. The number of amides is 2. The van der Waals surface area contributed by atoms with Gasteiger partial charge in [0.2, 0.25) is 5.91 Å². The molecule has 0 aliphatic carbocycles. The standard InChI is InChI=1S/C20H22ClN3O2S/c1-13-5-2-8-16(21)18(13)27-12-15-7-3-9-17(23-15)20(26)24-10-4-6-14(11-24)19(22)25/h2-3,5,7-9,14H,4,6,10-12H2,1H3,(H2,22,25). The largest absolute Gasteiger partial charge is 0.369 e. The van der Waals surface area contributed by atoms with Crippen LogP contribution in [0.1, 0.15) is 34.6 Å². The van der Waals surface area contributed by atoms with Gasteiger partial charge in [0.15, 0.2) is 0 Å². The van der Waals surface area contributed by atoms with E-state index in [2.05, 4.69) is 4.98 Å². The number of hydrogen-bond donors (Lipinski definition) is 1. The van der Waals surface area contributed by atoms with Crippen LogP contribution in [0.4, 0.5) is 0 Å². The van der Waals surface area contributed by atoms with Gasteiger partial charge in [0, 0.05) is 23.7 Å². The highest BCUT2D eigenvalue weighted by atomic mass is 35.5. The Hall–Kier alpha value is -2.05. The van der Waals surface area contributed by atoms with Gasteiger partial charge in [0.05, 0.1) is 16.6 Å². The summed E-state index contributed by atoms with van der Waals surface area (Å²) in [6, 6.07) is 11.3. The van der Waals surface area contributed by atoms with E-state index in [0.717, 1.165) is 34.0 Å². The Labute approximate surface area is 168 Å². The number of thioether (sulfide) groups is 1. The van der Waals surface area contributed by atoms with Crippen LogP contribution in [0.15, 0.2) is 41.3 Å². The molecule has 0 saturated carbocycles. The lowest BCUT2D eigenvalue weighted by atomic mass is 9.97. The summed E-state index contributed by atoms with van der Waals surface area (Å²) in [6.45, 7) is 3.02. The van der Waals surface area contributed by atoms with Gasteiger partial charge in [-0.25, -0.2) is 4.98 Å². The molecule has 0 spiro atoms. The predicted octanol–water partition coefficient (Wildman–Crippen LogP) is 3.67. The fraction of sp³-hybridized carbons (Fsp3) is 0.350. The zero-order valence-corrected chi connectivity index (χ0v) is 16.7. The van der Waals surface area contributed by atoms with Crippen molar-refractivity contribution in [3.63, 3.8) is 0 Å². The summed E-state index contributed by atoms with van der Waals surface area (Å²) < 4.78 is 0. The normalized spacial score (nSPS) is 17.0. The smallest absolute Gasteiger partial charge is 0.272 e. The molecule has 2 aromatic rings. The molecule has 2 amide bonds. The van der Waals surface area contributed by atoms with Crippen LogP contribution in [0.2, 0.25) is 5.02 Å². The molecule has 1 aromatic heterocycles. The number of rotatable bonds is 5. The van der Waals surface area contributed by atoms with E-state index in [9.17, 15) is 9.59 Å². The number of primary amides is 1. The number of aryl methyl sites for hydroxylation is 1. The number of nitrogens with zero attached hydrogens (tertiary/aromatic N) is 2. The predicted molar refractivity (Wildman–Crippen MR) is 108 cm³/mol. The van der Waals surface area contributed by atoms with E-state index in [1.807, 2.05) is 37.3 Å². The topological polar surface area (TPSA) is 76.3 Å². The van der Waals surface area contributed by atoms with Crippen LogP contribution >= 0.6 is 23.4 Å². The summed E-state index contributed by atoms with van der Waals surface area (Å²) in [5.41, 5.74) is 7.73. The summed E-state index contributed by atoms with van der Waals surface area (Å²) in [7, 11) is 0. The first-order valence-corrected chi connectivity index (χ1v) is 10.2. The molecule has 1 saturated heterocycles. The fourth-order valence-corrected chi connectivity index (χ4v) is 4.52. The van der Waals surface area contributed by atoms with E-state index >= 15 is 0 Å². The lowest BCUT2D eigenvalue weighted by Gasteiger charge is -2.31. The molecule has 27 heavy (non-hydrogen) atoms. The van der Waals surface area contributed by atoms with E-state index < -0.39 is 0 Å². The number of nitrogens with two attached hydrogens (primary N) is 1. The molecule has 0 radical (unpaired) electrons. The number of benzene rings is 1. The third kappa shape index (κ3) is 4.82. The number of piperidine rings is 1. The zero-order valence-electron chi connectivity index (χ0n) is 15.2. The molecule has 1 aromatic carbocycles. The summed E-state index contributed by atoms with van der Waals surface area (Å²) >= 11 is 7.88. The fourth-order valence-electron chi connectivity index (χ4n) is 3.18. The lowest BCUT2D eigenvalue weighted by Crippen LogP contribution is -2.44. The molecule has 0 bridgehead atoms. The first-order valence-electron chi connectivity index (χ1n) is 8.88. The average molecular weight is 404 g/mol. The first-order chi connectivity index (χ1) is 13.0. The van der Waals surface area contributed by atoms with Crippen LogP contribution in [0, 0.1) is 12.8 Å². The molecular formula is C20H22ClN3O2S. The number of halogens is 1. The van der Waals surface area contributed by atoms with Crippen molar-refractivity contribution in [2.24, 2.45) is 11.7 Å². The monoisotopic (exact) mass is 403 g/mol. The molecule has 1 aliphatic rings. The summed E-state index contributed by atoms with van der Waals surface area (Å²) in [4.78, 5) is 31.5. The van der Waals surface area contributed by atoms with Gasteiger partial charge < -0.3 is 10.6 Å². The second kappa shape index (κ2) is 8.76. The number of likely N-dealkylation sites (tertiary alicyclic amines) is 1. The number of carbonyl (C=O) groups excluding carboxylic acids is 2. The number of hydrogen-bond acceptors (Lipinski definition) is 4. The van der Waals surface area contributed by atoms with Gasteiger partial charge in [0.1, 0.15) is 5.69 Å². The van der Waals surface area contributed by atoms with E-state index in [1.54, 1.807) is 22.7 Å². The van der Waals surface area contributed by atoms with E-state index in [1.165, 1.54) is 0 Å². The third-order valence-electron chi connectivity index (χ3n) is 4.67. The van der Waals surface area contributed by atoms with Crippen molar-refractivity contribution >= 4 is 35.2 Å². The molecular weight excluding hydrogens is 382 g/mol. The van der Waals surface area contributed by atoms with Crippen LogP contribution in [0.25, 0.3) is 0 Å². The molecule has 5 nitrogen and oxygen atoms in total. The zero-order chi connectivity index (χ0) is 19.4.